The van der Waals surface area contributed by atoms with E-state index in [0.717, 1.165) is 11.1 Å². The Hall–Kier alpha value is -1.54. The zero-order valence-electron chi connectivity index (χ0n) is 12.2. The molecule has 2 heterocycles. The van der Waals surface area contributed by atoms with Gasteiger partial charge in [-0.05, 0) is 25.0 Å². The summed E-state index contributed by atoms with van der Waals surface area (Å²) >= 11 is 6.16. The number of Topliss-reactive ketones (excluding diaryl/α,β-unsaturated/α-hetero) is 2. The van der Waals surface area contributed by atoms with Gasteiger partial charge in [-0.1, -0.05) is 31.9 Å². The summed E-state index contributed by atoms with van der Waals surface area (Å²) in [4.78, 5) is 37.3. The number of carbonyl (C=O) groups excluding carboxylic acids is 2. The summed E-state index contributed by atoms with van der Waals surface area (Å²) in [5, 5.41) is 0. The molecule has 0 spiro atoms. The molecule has 2 aromatic rings. The number of aryl methyl sites for hydroxylation is 2. The fourth-order valence-corrected chi connectivity index (χ4v) is 1.60. The number of aromatic nitrogens is 4. The van der Waals surface area contributed by atoms with Crippen LogP contribution in [-0.2, 0) is 0 Å². The summed E-state index contributed by atoms with van der Waals surface area (Å²) in [5.74, 6) is 0.236. The van der Waals surface area contributed by atoms with E-state index in [-0.39, 0.29) is 23.2 Å². The van der Waals surface area contributed by atoms with E-state index in [1.54, 1.807) is 24.8 Å². The molecule has 0 aliphatic rings. The first-order valence-electron chi connectivity index (χ1n) is 6.22. The number of hydrogen-bond acceptors (Lipinski definition) is 6. The van der Waals surface area contributed by atoms with Crippen molar-refractivity contribution in [1.82, 2.24) is 19.9 Å². The van der Waals surface area contributed by atoms with Gasteiger partial charge in [-0.3, -0.25) is 9.59 Å². The molecular weight excluding hydrogens is 416 g/mol. The van der Waals surface area contributed by atoms with Crippen molar-refractivity contribution in [3.8, 4) is 0 Å². The molecule has 0 saturated heterocycles. The Bertz CT molecular complexity index is 643. The molecule has 0 N–H and O–H groups in total. The molecule has 0 bridgehead atoms. The monoisotopic (exact) mass is 428 g/mol. The van der Waals surface area contributed by atoms with E-state index in [2.05, 4.69) is 51.8 Å². The highest BCUT2D eigenvalue weighted by atomic mass is 79.9. The first-order chi connectivity index (χ1) is 10.3. The van der Waals surface area contributed by atoms with Gasteiger partial charge in [0.25, 0.3) is 0 Å². The predicted molar refractivity (Wildman–Crippen MR) is 89.5 cm³/mol. The highest BCUT2D eigenvalue weighted by Gasteiger charge is 2.15. The van der Waals surface area contributed by atoms with Crippen LogP contribution in [0.25, 0.3) is 0 Å². The smallest absolute Gasteiger partial charge is 0.224 e. The topological polar surface area (TPSA) is 85.7 Å². The Labute approximate surface area is 145 Å². The Kier molecular flexibility index (Phi) is 7.40. The molecule has 0 aliphatic carbocycles. The first-order valence-corrected chi connectivity index (χ1v) is 8.05. The normalized spacial score (nSPS) is 9.91. The van der Waals surface area contributed by atoms with Gasteiger partial charge in [-0.15, -0.1) is 0 Å². The van der Waals surface area contributed by atoms with Crippen LogP contribution in [0.2, 0.25) is 0 Å². The second kappa shape index (κ2) is 8.79. The summed E-state index contributed by atoms with van der Waals surface area (Å²) < 4.78 is -0.410. The molecular formula is C14H14Br2N4O2. The quantitative estimate of drug-likeness (QED) is 0.550. The summed E-state index contributed by atoms with van der Waals surface area (Å²) in [6.45, 7) is 5.20. The number of alkyl halides is 2. The third-order valence-electron chi connectivity index (χ3n) is 2.30. The van der Waals surface area contributed by atoms with E-state index in [0.29, 0.717) is 0 Å². The molecule has 0 unspecified atom stereocenters. The molecule has 0 atom stereocenters. The zero-order chi connectivity index (χ0) is 16.7. The average molecular weight is 430 g/mol. The summed E-state index contributed by atoms with van der Waals surface area (Å²) in [6.07, 6.45) is 6.48. The van der Waals surface area contributed by atoms with E-state index in [4.69, 9.17) is 0 Å². The second-order valence-electron chi connectivity index (χ2n) is 4.39. The van der Waals surface area contributed by atoms with Crippen molar-refractivity contribution in [2.45, 2.75) is 24.5 Å². The minimum Gasteiger partial charge on any atom is -0.291 e. The summed E-state index contributed by atoms with van der Waals surface area (Å²) in [6, 6.07) is 0. The predicted octanol–water partition coefficient (Wildman–Crippen LogP) is 3.07. The van der Waals surface area contributed by atoms with E-state index >= 15 is 0 Å². The Morgan fingerprint density at radius 2 is 1.23 bits per heavy atom. The van der Waals surface area contributed by atoms with Gasteiger partial charge >= 0.3 is 0 Å². The molecule has 0 radical (unpaired) electrons. The number of ketones is 2. The minimum absolute atomic E-state index is 0.0972. The van der Waals surface area contributed by atoms with Gasteiger partial charge in [-0.25, -0.2) is 19.9 Å². The van der Waals surface area contributed by atoms with Crippen LogP contribution in [0.1, 0.15) is 39.3 Å². The zero-order valence-corrected chi connectivity index (χ0v) is 15.4. The third-order valence-corrected chi connectivity index (χ3v) is 3.13. The van der Waals surface area contributed by atoms with Crippen LogP contribution in [0.5, 0.6) is 0 Å². The van der Waals surface area contributed by atoms with Crippen molar-refractivity contribution in [3.05, 3.63) is 47.6 Å². The van der Waals surface area contributed by atoms with Gasteiger partial charge in [0.05, 0.1) is 0 Å². The van der Waals surface area contributed by atoms with Crippen LogP contribution in [0.4, 0.5) is 0 Å². The average Bonchev–Trinajstić information content (AvgIpc) is 2.48. The maximum atomic E-state index is 11.2. The first kappa shape index (κ1) is 18.5. The maximum absolute atomic E-state index is 11.2. The lowest BCUT2D eigenvalue weighted by molar-refractivity contribution is 0.0995. The number of hydrogen-bond donors (Lipinski definition) is 0. The molecule has 0 fully saturated rings. The summed E-state index contributed by atoms with van der Waals surface area (Å²) in [5.41, 5.74) is 1.90. The maximum Gasteiger partial charge on any atom is 0.224 e. The molecule has 2 aromatic heterocycles. The van der Waals surface area contributed by atoms with E-state index < -0.39 is 3.74 Å². The van der Waals surface area contributed by atoms with Crippen molar-refractivity contribution < 1.29 is 9.59 Å². The number of halogens is 2. The minimum atomic E-state index is -0.410. The fourth-order valence-electron chi connectivity index (χ4n) is 1.19. The fraction of sp³-hybridized carbons (Fsp3) is 0.286. The SMILES string of the molecule is CC(=O)c1ncc(C)cn1.Cc1cnc(C(=O)C(Br)Br)nc1. The molecule has 0 amide bonds. The number of rotatable bonds is 3. The lowest BCUT2D eigenvalue weighted by Gasteiger charge is -1.98. The highest BCUT2D eigenvalue weighted by Crippen LogP contribution is 2.12. The van der Waals surface area contributed by atoms with Crippen LogP contribution in [0, 0.1) is 13.8 Å². The summed E-state index contributed by atoms with van der Waals surface area (Å²) in [7, 11) is 0. The van der Waals surface area contributed by atoms with Gasteiger partial charge in [0.15, 0.2) is 17.4 Å². The van der Waals surface area contributed by atoms with E-state index in [1.807, 2.05) is 13.8 Å². The van der Waals surface area contributed by atoms with Gasteiger partial charge in [0.1, 0.15) is 3.74 Å². The Morgan fingerprint density at radius 3 is 1.55 bits per heavy atom. The number of nitrogens with zero attached hydrogens (tertiary/aromatic N) is 4. The Morgan fingerprint density at radius 1 is 0.864 bits per heavy atom. The molecule has 0 aliphatic heterocycles. The molecule has 8 heteroatoms. The molecule has 2 rings (SSSR count). The molecule has 116 valence electrons. The number of carbonyl (C=O) groups is 2. The molecule has 0 saturated carbocycles. The van der Waals surface area contributed by atoms with Gasteiger partial charge in [0.2, 0.25) is 5.78 Å². The van der Waals surface area contributed by atoms with Crippen LogP contribution < -0.4 is 0 Å². The lowest BCUT2D eigenvalue weighted by Crippen LogP contribution is -2.11. The van der Waals surface area contributed by atoms with Crippen LogP contribution >= 0.6 is 31.9 Å². The van der Waals surface area contributed by atoms with Crippen molar-refractivity contribution in [2.24, 2.45) is 0 Å². The standard InChI is InChI=1S/C7H6Br2N2O.C7H8N2O/c1-4-2-10-7(11-3-4)5(12)6(8)9;1-5-3-8-7(6(2)10)9-4-5/h2-3,6H,1H3;3-4H,1-2H3. The van der Waals surface area contributed by atoms with Crippen LogP contribution in [0.15, 0.2) is 24.8 Å². The molecule has 0 aromatic carbocycles. The van der Waals surface area contributed by atoms with Crippen molar-refractivity contribution in [1.29, 1.82) is 0 Å². The van der Waals surface area contributed by atoms with Gasteiger partial charge in [0, 0.05) is 31.7 Å². The van der Waals surface area contributed by atoms with Crippen LogP contribution in [0.3, 0.4) is 0 Å². The van der Waals surface area contributed by atoms with Crippen molar-refractivity contribution in [3.63, 3.8) is 0 Å². The molecule has 6 nitrogen and oxygen atoms in total. The molecule has 22 heavy (non-hydrogen) atoms. The lowest BCUT2D eigenvalue weighted by atomic mass is 10.3. The highest BCUT2D eigenvalue weighted by molar-refractivity contribution is 9.25. The van der Waals surface area contributed by atoms with Crippen molar-refractivity contribution in [2.75, 3.05) is 0 Å². The largest absolute Gasteiger partial charge is 0.291 e. The van der Waals surface area contributed by atoms with E-state index in [9.17, 15) is 9.59 Å². The van der Waals surface area contributed by atoms with Gasteiger partial charge in [-0.2, -0.15) is 0 Å². The van der Waals surface area contributed by atoms with Gasteiger partial charge < -0.3 is 0 Å². The van der Waals surface area contributed by atoms with Crippen molar-refractivity contribution >= 4 is 43.4 Å². The van der Waals surface area contributed by atoms with E-state index in [1.165, 1.54) is 6.92 Å². The third kappa shape index (κ3) is 6.07. The Balaban J connectivity index is 0.000000224. The van der Waals surface area contributed by atoms with Crippen LogP contribution in [-0.4, -0.2) is 35.2 Å². The second-order valence-corrected chi connectivity index (χ2v) is 7.45.